The summed E-state index contributed by atoms with van der Waals surface area (Å²) in [6, 6.07) is 7.71. The first-order valence-electron chi connectivity index (χ1n) is 9.70. The largest absolute Gasteiger partial charge is 0.452 e. The van der Waals surface area contributed by atoms with Gasteiger partial charge >= 0.3 is 5.97 Å². The van der Waals surface area contributed by atoms with Crippen LogP contribution >= 0.6 is 0 Å². The van der Waals surface area contributed by atoms with Crippen LogP contribution in [0.4, 0.5) is 0 Å². The maximum absolute atomic E-state index is 12.5. The summed E-state index contributed by atoms with van der Waals surface area (Å²) in [5.41, 5.74) is 1.39. The Morgan fingerprint density at radius 3 is 2.89 bits per heavy atom. The van der Waals surface area contributed by atoms with Gasteiger partial charge in [-0.3, -0.25) is 4.79 Å². The maximum atomic E-state index is 12.5. The molecule has 2 aromatic rings. The van der Waals surface area contributed by atoms with Crippen LogP contribution < -0.4 is 0 Å². The van der Waals surface area contributed by atoms with Gasteiger partial charge < -0.3 is 14.1 Å². The minimum absolute atomic E-state index is 0.0878. The summed E-state index contributed by atoms with van der Waals surface area (Å²) in [4.78, 5) is 30.7. The van der Waals surface area contributed by atoms with Gasteiger partial charge in [-0.2, -0.15) is 0 Å². The predicted octanol–water partition coefficient (Wildman–Crippen LogP) is 3.57. The summed E-state index contributed by atoms with van der Waals surface area (Å²) < 4.78 is 10.7. The van der Waals surface area contributed by atoms with Crippen molar-refractivity contribution in [1.29, 1.82) is 0 Å². The van der Waals surface area contributed by atoms with Crippen LogP contribution in [0.5, 0.6) is 0 Å². The number of hydrogen-bond acceptors (Lipinski definition) is 5. The molecule has 1 aromatic carbocycles. The average Bonchev–Trinajstić information content (AvgIpc) is 3.13. The number of amides is 1. The number of carbonyl (C=O) groups is 2. The van der Waals surface area contributed by atoms with E-state index in [4.69, 9.17) is 9.15 Å². The molecule has 27 heavy (non-hydrogen) atoms. The number of benzene rings is 1. The number of rotatable bonds is 4. The molecule has 142 valence electrons. The van der Waals surface area contributed by atoms with Gasteiger partial charge in [0.1, 0.15) is 5.52 Å². The van der Waals surface area contributed by atoms with Gasteiger partial charge in [0.2, 0.25) is 5.89 Å². The van der Waals surface area contributed by atoms with Crippen LogP contribution in [-0.2, 0) is 14.3 Å². The zero-order valence-electron chi connectivity index (χ0n) is 15.3. The number of hydrogen-bond donors (Lipinski definition) is 0. The third kappa shape index (κ3) is 4.04. The lowest BCUT2D eigenvalue weighted by Crippen LogP contribution is -2.50. The lowest BCUT2D eigenvalue weighted by molar-refractivity contribution is -0.151. The topological polar surface area (TPSA) is 72.6 Å². The van der Waals surface area contributed by atoms with E-state index in [0.717, 1.165) is 24.9 Å². The van der Waals surface area contributed by atoms with Crippen LogP contribution in [-0.4, -0.2) is 41.0 Å². The van der Waals surface area contributed by atoms with Crippen molar-refractivity contribution in [1.82, 2.24) is 9.88 Å². The van der Waals surface area contributed by atoms with Crippen LogP contribution in [0.2, 0.25) is 0 Å². The number of piperidine rings is 1. The van der Waals surface area contributed by atoms with Crippen molar-refractivity contribution in [3.63, 3.8) is 0 Å². The summed E-state index contributed by atoms with van der Waals surface area (Å²) in [6.45, 7) is 0.566. The Bertz CT molecular complexity index is 822. The van der Waals surface area contributed by atoms with Crippen molar-refractivity contribution in [2.45, 2.75) is 44.6 Å². The van der Waals surface area contributed by atoms with Crippen LogP contribution in [0.15, 0.2) is 34.8 Å². The number of carbonyl (C=O) groups excluding carboxylic acids is 2. The summed E-state index contributed by atoms with van der Waals surface area (Å²) in [5, 5.41) is 0. The van der Waals surface area contributed by atoms with Crippen molar-refractivity contribution >= 4 is 29.1 Å². The molecule has 1 saturated heterocycles. The first-order valence-corrected chi connectivity index (χ1v) is 9.70. The standard InChI is InChI=1S/C21H24N2O4/c24-20(23-13-5-7-15-6-1-3-9-17(15)23)14-26-21(25)12-11-19-22-16-8-2-4-10-18(16)27-19/h2,4,8,10-12,15,17H,1,3,5-7,9,13-14H2/b12-11+/t15-,17-/m0/s1. The van der Waals surface area contributed by atoms with E-state index in [9.17, 15) is 9.59 Å². The number of aromatic nitrogens is 1. The molecule has 0 unspecified atom stereocenters. The van der Waals surface area contributed by atoms with Gasteiger partial charge in [0.15, 0.2) is 12.2 Å². The molecule has 4 rings (SSSR count). The van der Waals surface area contributed by atoms with Gasteiger partial charge in [-0.15, -0.1) is 0 Å². The first kappa shape index (κ1) is 17.8. The van der Waals surface area contributed by atoms with Crippen molar-refractivity contribution in [3.05, 3.63) is 36.2 Å². The Labute approximate surface area is 158 Å². The van der Waals surface area contributed by atoms with E-state index < -0.39 is 5.97 Å². The number of para-hydroxylation sites is 2. The summed E-state index contributed by atoms with van der Waals surface area (Å²) in [7, 11) is 0. The zero-order chi connectivity index (χ0) is 18.6. The lowest BCUT2D eigenvalue weighted by Gasteiger charge is -2.44. The van der Waals surface area contributed by atoms with E-state index >= 15 is 0 Å². The van der Waals surface area contributed by atoms with Gasteiger partial charge in [-0.05, 0) is 43.7 Å². The van der Waals surface area contributed by atoms with Crippen LogP contribution in [0.3, 0.4) is 0 Å². The van der Waals surface area contributed by atoms with Crippen LogP contribution in [0.25, 0.3) is 17.2 Å². The minimum atomic E-state index is -0.567. The highest BCUT2D eigenvalue weighted by Crippen LogP contribution is 2.35. The molecule has 1 aliphatic heterocycles. The van der Waals surface area contributed by atoms with E-state index in [-0.39, 0.29) is 12.5 Å². The molecule has 0 bridgehead atoms. The van der Waals surface area contributed by atoms with Crippen LogP contribution in [0.1, 0.15) is 44.4 Å². The van der Waals surface area contributed by atoms with Crippen molar-refractivity contribution < 1.29 is 18.7 Å². The molecule has 1 saturated carbocycles. The molecule has 0 N–H and O–H groups in total. The molecule has 6 nitrogen and oxygen atoms in total. The van der Waals surface area contributed by atoms with Gasteiger partial charge in [0.05, 0.1) is 0 Å². The highest BCUT2D eigenvalue weighted by molar-refractivity contribution is 5.89. The fourth-order valence-electron chi connectivity index (χ4n) is 4.30. The number of oxazole rings is 1. The summed E-state index contributed by atoms with van der Waals surface area (Å²) in [6.07, 6.45) is 9.68. The molecular formula is C21H24N2O4. The fraction of sp³-hybridized carbons (Fsp3) is 0.476. The van der Waals surface area contributed by atoms with Gasteiger partial charge in [0.25, 0.3) is 5.91 Å². The maximum Gasteiger partial charge on any atom is 0.331 e. The minimum Gasteiger partial charge on any atom is -0.452 e. The molecule has 2 heterocycles. The smallest absolute Gasteiger partial charge is 0.331 e. The molecule has 2 fully saturated rings. The molecule has 6 heteroatoms. The third-order valence-electron chi connectivity index (χ3n) is 5.57. The molecule has 0 spiro atoms. The lowest BCUT2D eigenvalue weighted by atomic mass is 9.78. The van der Waals surface area contributed by atoms with E-state index in [0.29, 0.717) is 23.4 Å². The summed E-state index contributed by atoms with van der Waals surface area (Å²) >= 11 is 0. The molecule has 2 atom stereocenters. The summed E-state index contributed by atoms with van der Waals surface area (Å²) in [5.74, 6) is 0.296. The molecular weight excluding hydrogens is 344 g/mol. The fourth-order valence-corrected chi connectivity index (χ4v) is 4.30. The van der Waals surface area contributed by atoms with Crippen LogP contribution in [0, 0.1) is 5.92 Å². The average molecular weight is 368 g/mol. The normalized spacial score (nSPS) is 22.7. The van der Waals surface area contributed by atoms with E-state index in [1.807, 2.05) is 29.2 Å². The second kappa shape index (κ2) is 7.94. The van der Waals surface area contributed by atoms with Gasteiger partial charge in [-0.1, -0.05) is 25.0 Å². The highest BCUT2D eigenvalue weighted by atomic mass is 16.5. The Balaban J connectivity index is 1.31. The zero-order valence-corrected chi connectivity index (χ0v) is 15.3. The Hall–Kier alpha value is -2.63. The number of nitrogens with zero attached hydrogens (tertiary/aromatic N) is 2. The highest BCUT2D eigenvalue weighted by Gasteiger charge is 2.35. The van der Waals surface area contributed by atoms with Crippen molar-refractivity contribution in [2.24, 2.45) is 5.92 Å². The second-order valence-electron chi connectivity index (χ2n) is 7.30. The second-order valence-corrected chi connectivity index (χ2v) is 7.30. The molecule has 2 aliphatic rings. The number of fused-ring (bicyclic) bond motifs is 2. The SMILES string of the molecule is O=C(/C=C/c1nc2ccccc2o1)OCC(=O)N1CCC[C@@H]2CCCC[C@@H]21. The van der Waals surface area contributed by atoms with E-state index in [2.05, 4.69) is 4.98 Å². The Kier molecular flexibility index (Phi) is 5.23. The van der Waals surface area contributed by atoms with Crippen molar-refractivity contribution in [2.75, 3.05) is 13.2 Å². The quantitative estimate of drug-likeness (QED) is 0.609. The first-order chi connectivity index (χ1) is 13.2. The Morgan fingerprint density at radius 2 is 2.00 bits per heavy atom. The van der Waals surface area contributed by atoms with E-state index in [1.54, 1.807) is 0 Å². The molecule has 0 radical (unpaired) electrons. The van der Waals surface area contributed by atoms with Gasteiger partial charge in [-0.25, -0.2) is 9.78 Å². The molecule has 1 aromatic heterocycles. The third-order valence-corrected chi connectivity index (χ3v) is 5.57. The molecule has 1 amide bonds. The van der Waals surface area contributed by atoms with E-state index in [1.165, 1.54) is 37.8 Å². The van der Waals surface area contributed by atoms with Gasteiger partial charge in [0, 0.05) is 24.7 Å². The predicted molar refractivity (Wildman–Crippen MR) is 101 cm³/mol. The Morgan fingerprint density at radius 1 is 1.19 bits per heavy atom. The number of ether oxygens (including phenoxy) is 1. The molecule has 1 aliphatic carbocycles. The number of likely N-dealkylation sites (tertiary alicyclic amines) is 1. The van der Waals surface area contributed by atoms with Crippen molar-refractivity contribution in [3.8, 4) is 0 Å². The number of esters is 1. The monoisotopic (exact) mass is 368 g/mol.